The van der Waals surface area contributed by atoms with E-state index in [-0.39, 0.29) is 46.7 Å². The third-order valence-electron chi connectivity index (χ3n) is 6.44. The summed E-state index contributed by atoms with van der Waals surface area (Å²) < 4.78 is 27.5. The number of benzene rings is 3. The molecular formula is C28H27ClN2O5S. The van der Waals surface area contributed by atoms with E-state index < -0.39 is 10.0 Å². The second-order valence-corrected chi connectivity index (χ2v) is 11.4. The van der Waals surface area contributed by atoms with Crippen LogP contribution < -0.4 is 4.31 Å². The van der Waals surface area contributed by atoms with Crippen LogP contribution in [0.4, 0.5) is 5.69 Å². The molecule has 3 aromatic rings. The highest BCUT2D eigenvalue weighted by Crippen LogP contribution is 2.30. The first-order chi connectivity index (χ1) is 17.6. The van der Waals surface area contributed by atoms with Gasteiger partial charge in [-0.3, -0.25) is 23.6 Å². The fraction of sp³-hybridized carbons (Fsp3) is 0.250. The lowest BCUT2D eigenvalue weighted by molar-refractivity contribution is 0.0650. The van der Waals surface area contributed by atoms with Crippen molar-refractivity contribution >= 4 is 44.9 Å². The van der Waals surface area contributed by atoms with Crippen LogP contribution in [0.3, 0.4) is 0 Å². The number of anilines is 1. The number of nitrogens with zero attached hydrogens (tertiary/aromatic N) is 2. The van der Waals surface area contributed by atoms with Crippen molar-refractivity contribution in [2.24, 2.45) is 0 Å². The number of carbonyl (C=O) groups is 3. The molecule has 0 bridgehead atoms. The van der Waals surface area contributed by atoms with Crippen molar-refractivity contribution in [3.8, 4) is 0 Å². The zero-order valence-corrected chi connectivity index (χ0v) is 22.2. The molecule has 7 nitrogen and oxygen atoms in total. The average molecular weight is 539 g/mol. The molecule has 9 heteroatoms. The van der Waals surface area contributed by atoms with Crippen molar-refractivity contribution in [3.05, 3.63) is 94.0 Å². The number of halogens is 1. The first-order valence-electron chi connectivity index (χ1n) is 11.9. The summed E-state index contributed by atoms with van der Waals surface area (Å²) in [5.41, 5.74) is 2.25. The molecule has 3 aromatic carbocycles. The third kappa shape index (κ3) is 5.45. The molecule has 1 aliphatic rings. The Morgan fingerprint density at radius 2 is 1.51 bits per heavy atom. The first-order valence-corrected chi connectivity index (χ1v) is 13.8. The average Bonchev–Trinajstić information content (AvgIpc) is 3.13. The van der Waals surface area contributed by atoms with Gasteiger partial charge in [-0.15, -0.1) is 0 Å². The van der Waals surface area contributed by atoms with Gasteiger partial charge in [0.1, 0.15) is 0 Å². The molecule has 37 heavy (non-hydrogen) atoms. The Bertz CT molecular complexity index is 1430. The number of Topliss-reactive ketones (excluding diaryl/α,β-unsaturated/α-hetero) is 1. The minimum atomic E-state index is -3.88. The van der Waals surface area contributed by atoms with E-state index in [1.54, 1.807) is 42.5 Å². The van der Waals surface area contributed by atoms with Gasteiger partial charge in [0.05, 0.1) is 21.7 Å². The van der Waals surface area contributed by atoms with Gasteiger partial charge in [-0.2, -0.15) is 0 Å². The van der Waals surface area contributed by atoms with Gasteiger partial charge in [0.15, 0.2) is 5.78 Å². The monoisotopic (exact) mass is 538 g/mol. The predicted octanol–water partition coefficient (Wildman–Crippen LogP) is 5.51. The van der Waals surface area contributed by atoms with Crippen molar-refractivity contribution in [1.82, 2.24) is 4.90 Å². The lowest BCUT2D eigenvalue weighted by Crippen LogP contribution is -2.30. The molecule has 0 atom stereocenters. The smallest absolute Gasteiger partial charge is 0.264 e. The van der Waals surface area contributed by atoms with Crippen molar-refractivity contribution in [2.75, 3.05) is 17.9 Å². The van der Waals surface area contributed by atoms with Gasteiger partial charge >= 0.3 is 0 Å². The number of rotatable bonds is 10. The topological polar surface area (TPSA) is 91.8 Å². The lowest BCUT2D eigenvalue weighted by Gasteiger charge is -2.22. The Hall–Kier alpha value is -3.49. The van der Waals surface area contributed by atoms with Crippen LogP contribution in [-0.4, -0.2) is 44.5 Å². The van der Waals surface area contributed by atoms with E-state index in [4.69, 9.17) is 11.6 Å². The molecule has 0 saturated heterocycles. The van der Waals surface area contributed by atoms with Crippen molar-refractivity contribution in [2.45, 2.75) is 37.5 Å². The fourth-order valence-corrected chi connectivity index (χ4v) is 5.70. The normalized spacial score (nSPS) is 13.1. The number of fused-ring (bicyclic) bond motifs is 1. The Balaban J connectivity index is 1.38. The quantitative estimate of drug-likeness (QED) is 0.193. The Kier molecular flexibility index (Phi) is 7.80. The minimum Gasteiger partial charge on any atom is -0.294 e. The largest absolute Gasteiger partial charge is 0.294 e. The molecule has 0 aliphatic carbocycles. The highest BCUT2D eigenvalue weighted by atomic mass is 35.5. The molecule has 0 radical (unpaired) electrons. The molecule has 0 spiro atoms. The van der Waals surface area contributed by atoms with Crippen molar-refractivity contribution in [3.63, 3.8) is 0 Å². The number of ketones is 1. The summed E-state index contributed by atoms with van der Waals surface area (Å²) in [4.78, 5) is 39.4. The maximum absolute atomic E-state index is 13.2. The fourth-order valence-electron chi connectivity index (χ4n) is 4.31. The molecule has 0 fully saturated rings. The molecule has 192 valence electrons. The van der Waals surface area contributed by atoms with E-state index in [0.29, 0.717) is 35.4 Å². The summed E-state index contributed by atoms with van der Waals surface area (Å²) in [6.07, 6.45) is 1.87. The van der Waals surface area contributed by atoms with Crippen LogP contribution in [-0.2, 0) is 10.0 Å². The maximum Gasteiger partial charge on any atom is 0.264 e. The number of unbranched alkanes of at least 4 members (excludes halogenated alkanes) is 2. The SMILES string of the molecule is Cc1ccc(S(=O)(=O)N(C)c2ccc(Cl)cc2C(=O)CCCCCN2C(=O)c3ccccc3C2=O)cc1. The summed E-state index contributed by atoms with van der Waals surface area (Å²) in [6, 6.07) is 17.8. The third-order valence-corrected chi connectivity index (χ3v) is 8.46. The zero-order chi connectivity index (χ0) is 26.7. The minimum absolute atomic E-state index is 0.127. The van der Waals surface area contributed by atoms with E-state index in [1.807, 2.05) is 6.92 Å². The van der Waals surface area contributed by atoms with Gasteiger partial charge in [-0.1, -0.05) is 47.9 Å². The molecule has 0 N–H and O–H groups in total. The number of aryl methyl sites for hydroxylation is 1. The van der Waals surface area contributed by atoms with Gasteiger partial charge in [0.25, 0.3) is 21.8 Å². The molecule has 0 aromatic heterocycles. The predicted molar refractivity (Wildman–Crippen MR) is 143 cm³/mol. The second kappa shape index (κ2) is 10.9. The molecule has 1 aliphatic heterocycles. The van der Waals surface area contributed by atoms with Gasteiger partial charge in [-0.05, 0) is 62.2 Å². The van der Waals surface area contributed by atoms with Gasteiger partial charge in [0, 0.05) is 30.6 Å². The zero-order valence-electron chi connectivity index (χ0n) is 20.6. The van der Waals surface area contributed by atoms with Crippen LogP contribution in [0.25, 0.3) is 0 Å². The molecular weight excluding hydrogens is 512 g/mol. The van der Waals surface area contributed by atoms with E-state index in [1.165, 1.54) is 36.2 Å². The van der Waals surface area contributed by atoms with Crippen LogP contribution in [0.5, 0.6) is 0 Å². The summed E-state index contributed by atoms with van der Waals surface area (Å²) in [6.45, 7) is 2.15. The molecule has 1 heterocycles. The van der Waals surface area contributed by atoms with Gasteiger partial charge in [0.2, 0.25) is 0 Å². The molecule has 4 rings (SSSR count). The summed E-state index contributed by atoms with van der Waals surface area (Å²) in [7, 11) is -2.47. The van der Waals surface area contributed by atoms with Gasteiger partial charge in [-0.25, -0.2) is 8.42 Å². The molecule has 2 amide bonds. The summed E-state index contributed by atoms with van der Waals surface area (Å²) >= 11 is 6.15. The van der Waals surface area contributed by atoms with E-state index in [0.717, 1.165) is 9.87 Å². The maximum atomic E-state index is 13.2. The van der Waals surface area contributed by atoms with Crippen molar-refractivity contribution in [1.29, 1.82) is 0 Å². The Morgan fingerprint density at radius 3 is 2.14 bits per heavy atom. The number of amides is 2. The molecule has 0 saturated carbocycles. The Morgan fingerprint density at radius 1 is 0.892 bits per heavy atom. The van der Waals surface area contributed by atoms with Crippen molar-refractivity contribution < 1.29 is 22.8 Å². The highest BCUT2D eigenvalue weighted by molar-refractivity contribution is 7.92. The van der Waals surface area contributed by atoms with E-state index in [9.17, 15) is 22.8 Å². The number of carbonyl (C=O) groups excluding carboxylic acids is 3. The number of hydrogen-bond donors (Lipinski definition) is 0. The number of sulfonamides is 1. The molecule has 0 unspecified atom stereocenters. The lowest BCUT2D eigenvalue weighted by atomic mass is 10.0. The van der Waals surface area contributed by atoms with Crippen LogP contribution in [0.1, 0.15) is 62.3 Å². The summed E-state index contributed by atoms with van der Waals surface area (Å²) in [5.74, 6) is -0.819. The standard InChI is InChI=1S/C28H27ClN2O5S/c1-19-11-14-21(15-12-19)37(35,36)30(2)25-16-13-20(29)18-24(25)26(32)10-4-3-7-17-31-27(33)22-8-5-6-9-23(22)28(31)34/h5-6,8-9,11-16,18H,3-4,7,10,17H2,1-2H3. The van der Waals surface area contributed by atoms with E-state index >= 15 is 0 Å². The number of hydrogen-bond acceptors (Lipinski definition) is 5. The van der Waals surface area contributed by atoms with E-state index in [2.05, 4.69) is 0 Å². The van der Waals surface area contributed by atoms with Crippen LogP contribution >= 0.6 is 11.6 Å². The summed E-state index contributed by atoms with van der Waals surface area (Å²) in [5, 5.41) is 0.332. The second-order valence-electron chi connectivity index (χ2n) is 8.99. The Labute approximate surface area is 221 Å². The first kappa shape index (κ1) is 26.6. The highest BCUT2D eigenvalue weighted by Gasteiger charge is 2.34. The van der Waals surface area contributed by atoms with Crippen LogP contribution in [0.15, 0.2) is 71.6 Å². The van der Waals surface area contributed by atoms with Crippen LogP contribution in [0.2, 0.25) is 5.02 Å². The van der Waals surface area contributed by atoms with Crippen LogP contribution in [0, 0.1) is 6.92 Å². The number of imide groups is 1. The van der Waals surface area contributed by atoms with Gasteiger partial charge < -0.3 is 0 Å².